The topological polar surface area (TPSA) is 51.5 Å². The van der Waals surface area contributed by atoms with Crippen LogP contribution in [0.25, 0.3) is 0 Å². The molecule has 2 aromatic rings. The summed E-state index contributed by atoms with van der Waals surface area (Å²) in [5.74, 6) is -1.66. The highest BCUT2D eigenvalue weighted by molar-refractivity contribution is 5.87. The third-order valence-electron chi connectivity index (χ3n) is 2.84. The van der Waals surface area contributed by atoms with E-state index in [4.69, 9.17) is 4.42 Å². The van der Waals surface area contributed by atoms with Crippen LogP contribution in [0.3, 0.4) is 0 Å². The summed E-state index contributed by atoms with van der Waals surface area (Å²) in [5.41, 5.74) is 0.744. The number of nitrogens with one attached hydrogen (secondary N) is 1. The quantitative estimate of drug-likeness (QED) is 0.874. The molecule has 1 aromatic carbocycles. The third kappa shape index (κ3) is 2.79. The highest BCUT2D eigenvalue weighted by Crippen LogP contribution is 2.20. The normalized spacial score (nSPS) is 10.4. The number of esters is 1. The molecule has 0 aliphatic heterocycles. The van der Waals surface area contributed by atoms with Crippen LogP contribution in [-0.4, -0.2) is 13.1 Å². The van der Waals surface area contributed by atoms with Gasteiger partial charge in [-0.3, -0.25) is 0 Å². The van der Waals surface area contributed by atoms with Gasteiger partial charge in [0.15, 0.2) is 0 Å². The van der Waals surface area contributed by atoms with Gasteiger partial charge in [0.1, 0.15) is 11.6 Å². The van der Waals surface area contributed by atoms with Crippen molar-refractivity contribution in [3.05, 3.63) is 53.0 Å². The van der Waals surface area contributed by atoms with E-state index in [1.165, 1.54) is 20.3 Å². The summed E-state index contributed by atoms with van der Waals surface area (Å²) in [6.45, 7) is 1.59. The summed E-state index contributed by atoms with van der Waals surface area (Å²) in [5, 5.41) is 2.72. The van der Waals surface area contributed by atoms with Crippen molar-refractivity contribution in [3.8, 4) is 0 Å². The maximum absolute atomic E-state index is 13.6. The number of benzene rings is 1. The zero-order valence-corrected chi connectivity index (χ0v) is 11.0. The lowest BCUT2D eigenvalue weighted by Crippen LogP contribution is -2.08. The molecule has 0 amide bonds. The van der Waals surface area contributed by atoms with Gasteiger partial charge < -0.3 is 14.5 Å². The van der Waals surface area contributed by atoms with E-state index < -0.39 is 17.6 Å². The van der Waals surface area contributed by atoms with Crippen LogP contribution in [0.5, 0.6) is 0 Å². The number of aryl methyl sites for hydroxylation is 1. The molecule has 0 saturated heterocycles. The second-order valence-corrected chi connectivity index (χ2v) is 4.20. The Morgan fingerprint density at radius 3 is 2.80 bits per heavy atom. The van der Waals surface area contributed by atoms with Crippen LogP contribution in [0.1, 0.15) is 21.7 Å². The molecular formula is C14H13F2NO3. The predicted octanol–water partition coefficient (Wildman–Crippen LogP) is 3.26. The molecule has 0 aliphatic rings. The van der Waals surface area contributed by atoms with Crippen molar-refractivity contribution in [3.63, 3.8) is 0 Å². The van der Waals surface area contributed by atoms with Gasteiger partial charge in [-0.2, -0.15) is 0 Å². The van der Waals surface area contributed by atoms with Gasteiger partial charge in [0.05, 0.1) is 19.1 Å². The molecule has 0 atom stereocenters. The molecular weight excluding hydrogens is 268 g/mol. The Bertz CT molecular complexity index is 637. The number of hydrogen-bond donors (Lipinski definition) is 1. The summed E-state index contributed by atoms with van der Waals surface area (Å²) in [6, 6.07) is 3.73. The molecule has 20 heavy (non-hydrogen) atoms. The van der Waals surface area contributed by atoms with Gasteiger partial charge in [-0.15, -0.1) is 0 Å². The Hall–Kier alpha value is -2.37. The molecule has 0 saturated carbocycles. The SMILES string of the molecule is COC(=O)c1occc1CNc1cc(F)c(C)cc1F. The first-order valence-electron chi connectivity index (χ1n) is 5.87. The largest absolute Gasteiger partial charge is 0.463 e. The fourth-order valence-corrected chi connectivity index (χ4v) is 1.72. The monoisotopic (exact) mass is 281 g/mol. The number of carbonyl (C=O) groups excluding carboxylic acids is 1. The van der Waals surface area contributed by atoms with Gasteiger partial charge in [0, 0.05) is 18.2 Å². The van der Waals surface area contributed by atoms with E-state index in [-0.39, 0.29) is 23.6 Å². The van der Waals surface area contributed by atoms with E-state index in [1.807, 2.05) is 0 Å². The van der Waals surface area contributed by atoms with Gasteiger partial charge in [-0.05, 0) is 24.6 Å². The molecule has 0 bridgehead atoms. The van der Waals surface area contributed by atoms with Crippen molar-refractivity contribution in [1.82, 2.24) is 0 Å². The Balaban J connectivity index is 2.15. The highest BCUT2D eigenvalue weighted by Gasteiger charge is 2.16. The third-order valence-corrected chi connectivity index (χ3v) is 2.84. The Kier molecular flexibility index (Phi) is 4.02. The van der Waals surface area contributed by atoms with E-state index >= 15 is 0 Å². The first kappa shape index (κ1) is 14.0. The first-order valence-corrected chi connectivity index (χ1v) is 5.87. The van der Waals surface area contributed by atoms with E-state index in [0.29, 0.717) is 5.56 Å². The fraction of sp³-hybridized carbons (Fsp3) is 0.214. The minimum Gasteiger partial charge on any atom is -0.463 e. The maximum atomic E-state index is 13.6. The standard InChI is InChI=1S/C14H13F2NO3/c1-8-5-11(16)12(6-10(8)15)17-7-9-3-4-20-13(9)14(18)19-2/h3-6,17H,7H2,1-2H3. The van der Waals surface area contributed by atoms with Gasteiger partial charge in [-0.25, -0.2) is 13.6 Å². The smallest absolute Gasteiger partial charge is 0.374 e. The van der Waals surface area contributed by atoms with E-state index in [2.05, 4.69) is 10.1 Å². The molecule has 0 unspecified atom stereocenters. The highest BCUT2D eigenvalue weighted by atomic mass is 19.1. The zero-order valence-electron chi connectivity index (χ0n) is 11.0. The number of rotatable bonds is 4. The van der Waals surface area contributed by atoms with Crippen molar-refractivity contribution < 1.29 is 22.7 Å². The summed E-state index contributed by atoms with van der Waals surface area (Å²) in [4.78, 5) is 11.4. The molecule has 106 valence electrons. The molecule has 2 rings (SSSR count). The molecule has 1 N–H and O–H groups in total. The number of ether oxygens (including phenoxy) is 1. The van der Waals surface area contributed by atoms with Crippen LogP contribution in [0.15, 0.2) is 28.9 Å². The molecule has 0 fully saturated rings. The van der Waals surface area contributed by atoms with Crippen molar-refractivity contribution in [2.75, 3.05) is 12.4 Å². The molecule has 0 spiro atoms. The lowest BCUT2D eigenvalue weighted by Gasteiger charge is -2.08. The number of hydrogen-bond acceptors (Lipinski definition) is 4. The minimum absolute atomic E-state index is 0.0186. The van der Waals surface area contributed by atoms with Crippen LogP contribution in [-0.2, 0) is 11.3 Å². The molecule has 6 heteroatoms. The average Bonchev–Trinajstić information content (AvgIpc) is 2.89. The Labute approximate surface area is 114 Å². The number of carbonyl (C=O) groups is 1. The second kappa shape index (κ2) is 5.73. The number of methoxy groups -OCH3 is 1. The molecule has 1 aromatic heterocycles. The molecule has 0 radical (unpaired) electrons. The van der Waals surface area contributed by atoms with Crippen LogP contribution in [0.2, 0.25) is 0 Å². The molecule has 4 nitrogen and oxygen atoms in total. The minimum atomic E-state index is -0.623. The summed E-state index contributed by atoms with van der Waals surface area (Å²) >= 11 is 0. The van der Waals surface area contributed by atoms with Crippen molar-refractivity contribution in [1.29, 1.82) is 0 Å². The van der Waals surface area contributed by atoms with Crippen LogP contribution in [0, 0.1) is 18.6 Å². The Morgan fingerprint density at radius 2 is 2.10 bits per heavy atom. The van der Waals surface area contributed by atoms with E-state index in [1.54, 1.807) is 6.07 Å². The summed E-state index contributed by atoms with van der Waals surface area (Å²) in [7, 11) is 1.23. The molecule has 1 heterocycles. The number of furan rings is 1. The van der Waals surface area contributed by atoms with Gasteiger partial charge in [0.25, 0.3) is 0 Å². The average molecular weight is 281 g/mol. The predicted molar refractivity (Wildman–Crippen MR) is 68.5 cm³/mol. The summed E-state index contributed by atoms with van der Waals surface area (Å²) < 4.78 is 36.6. The molecule has 0 aliphatic carbocycles. The van der Waals surface area contributed by atoms with Crippen LogP contribution >= 0.6 is 0 Å². The maximum Gasteiger partial charge on any atom is 0.374 e. The summed E-state index contributed by atoms with van der Waals surface area (Å²) in [6.07, 6.45) is 1.33. The van der Waals surface area contributed by atoms with Crippen molar-refractivity contribution in [2.24, 2.45) is 0 Å². The van der Waals surface area contributed by atoms with Gasteiger partial charge in [-0.1, -0.05) is 0 Å². The fourth-order valence-electron chi connectivity index (χ4n) is 1.72. The Morgan fingerprint density at radius 1 is 1.35 bits per heavy atom. The number of halogens is 2. The lowest BCUT2D eigenvalue weighted by molar-refractivity contribution is 0.0563. The van der Waals surface area contributed by atoms with Crippen LogP contribution in [0.4, 0.5) is 14.5 Å². The van der Waals surface area contributed by atoms with Crippen LogP contribution < -0.4 is 5.32 Å². The van der Waals surface area contributed by atoms with E-state index in [9.17, 15) is 13.6 Å². The zero-order chi connectivity index (χ0) is 14.7. The van der Waals surface area contributed by atoms with Gasteiger partial charge >= 0.3 is 5.97 Å². The van der Waals surface area contributed by atoms with Gasteiger partial charge in [0.2, 0.25) is 5.76 Å². The lowest BCUT2D eigenvalue weighted by atomic mass is 10.2. The first-order chi connectivity index (χ1) is 9.52. The van der Waals surface area contributed by atoms with Crippen molar-refractivity contribution in [2.45, 2.75) is 13.5 Å². The van der Waals surface area contributed by atoms with Crippen molar-refractivity contribution >= 4 is 11.7 Å². The van der Waals surface area contributed by atoms with E-state index in [0.717, 1.165) is 12.1 Å². The number of anilines is 1. The second-order valence-electron chi connectivity index (χ2n) is 4.20.